The lowest BCUT2D eigenvalue weighted by Crippen LogP contribution is -2.47. The minimum absolute atomic E-state index is 0.221. The van der Waals surface area contributed by atoms with Crippen molar-refractivity contribution in [1.29, 1.82) is 0 Å². The predicted octanol–water partition coefficient (Wildman–Crippen LogP) is 2.97. The number of imide groups is 1. The molecular weight excluding hydrogens is 368 g/mol. The fraction of sp³-hybridized carbons (Fsp3) is 0.391. The highest BCUT2D eigenvalue weighted by Gasteiger charge is 2.40. The number of cyclic esters (lactones) is 1. The van der Waals surface area contributed by atoms with Gasteiger partial charge in [-0.1, -0.05) is 60.7 Å². The van der Waals surface area contributed by atoms with Crippen molar-refractivity contribution in [3.63, 3.8) is 0 Å². The van der Waals surface area contributed by atoms with Gasteiger partial charge in [0.25, 0.3) is 0 Å². The minimum atomic E-state index is -0.567. The van der Waals surface area contributed by atoms with Gasteiger partial charge in [-0.25, -0.2) is 9.69 Å². The zero-order valence-corrected chi connectivity index (χ0v) is 17.0. The lowest BCUT2D eigenvalue weighted by molar-refractivity contribution is -0.136. The summed E-state index contributed by atoms with van der Waals surface area (Å²) < 4.78 is 11.0. The molecule has 0 spiro atoms. The summed E-state index contributed by atoms with van der Waals surface area (Å²) in [6.07, 6.45) is 0.0143. The van der Waals surface area contributed by atoms with Crippen molar-refractivity contribution in [2.75, 3.05) is 33.9 Å². The molecule has 6 nitrogen and oxygen atoms in total. The van der Waals surface area contributed by atoms with Crippen LogP contribution >= 0.6 is 0 Å². The highest BCUT2D eigenvalue weighted by Crippen LogP contribution is 2.21. The van der Waals surface area contributed by atoms with Crippen LogP contribution in [0, 0.1) is 5.92 Å². The number of ether oxygens (including phenoxy) is 2. The zero-order valence-electron chi connectivity index (χ0n) is 17.0. The average Bonchev–Trinajstić information content (AvgIpc) is 3.08. The van der Waals surface area contributed by atoms with Crippen LogP contribution in [0.1, 0.15) is 11.1 Å². The molecule has 1 heterocycles. The van der Waals surface area contributed by atoms with Gasteiger partial charge in [0.15, 0.2) is 0 Å². The molecule has 0 aromatic heterocycles. The van der Waals surface area contributed by atoms with E-state index in [1.807, 2.05) is 79.7 Å². The molecule has 29 heavy (non-hydrogen) atoms. The van der Waals surface area contributed by atoms with E-state index in [0.717, 1.165) is 11.1 Å². The van der Waals surface area contributed by atoms with Crippen molar-refractivity contribution >= 4 is 12.0 Å². The molecule has 3 rings (SSSR count). The van der Waals surface area contributed by atoms with Gasteiger partial charge in [-0.3, -0.25) is 4.79 Å². The van der Waals surface area contributed by atoms with Crippen LogP contribution in [0.4, 0.5) is 4.79 Å². The number of carbonyl (C=O) groups excluding carboxylic acids is 2. The van der Waals surface area contributed by atoms with E-state index in [0.29, 0.717) is 19.6 Å². The van der Waals surface area contributed by atoms with Gasteiger partial charge in [-0.2, -0.15) is 0 Å². The Morgan fingerprint density at radius 2 is 1.72 bits per heavy atom. The lowest BCUT2D eigenvalue weighted by Gasteiger charge is -2.26. The fourth-order valence-electron chi connectivity index (χ4n) is 3.50. The molecule has 1 aliphatic rings. The smallest absolute Gasteiger partial charge is 0.416 e. The van der Waals surface area contributed by atoms with Crippen molar-refractivity contribution in [1.82, 2.24) is 9.80 Å². The van der Waals surface area contributed by atoms with Gasteiger partial charge in [0.05, 0.1) is 25.2 Å². The summed E-state index contributed by atoms with van der Waals surface area (Å²) in [5, 5.41) is 0. The summed E-state index contributed by atoms with van der Waals surface area (Å²) in [7, 11) is 3.81. The van der Waals surface area contributed by atoms with Crippen LogP contribution < -0.4 is 0 Å². The average molecular weight is 396 g/mol. The highest BCUT2D eigenvalue weighted by molar-refractivity contribution is 5.95. The first-order valence-corrected chi connectivity index (χ1v) is 9.84. The number of amides is 2. The van der Waals surface area contributed by atoms with Gasteiger partial charge in [0, 0.05) is 6.54 Å². The topological polar surface area (TPSA) is 59.1 Å². The Kier molecular flexibility index (Phi) is 7.38. The molecule has 0 radical (unpaired) electrons. The van der Waals surface area contributed by atoms with Gasteiger partial charge in [-0.15, -0.1) is 0 Å². The van der Waals surface area contributed by atoms with E-state index < -0.39 is 12.0 Å². The maximum absolute atomic E-state index is 13.3. The first-order valence-electron chi connectivity index (χ1n) is 9.84. The molecule has 6 heteroatoms. The Morgan fingerprint density at radius 3 is 2.34 bits per heavy atom. The van der Waals surface area contributed by atoms with E-state index in [2.05, 4.69) is 0 Å². The number of hydrogen-bond donors (Lipinski definition) is 0. The van der Waals surface area contributed by atoms with Crippen LogP contribution in [0.15, 0.2) is 60.7 Å². The summed E-state index contributed by atoms with van der Waals surface area (Å²) in [4.78, 5) is 28.8. The van der Waals surface area contributed by atoms with Gasteiger partial charge >= 0.3 is 6.09 Å². The second-order valence-corrected chi connectivity index (χ2v) is 7.59. The van der Waals surface area contributed by atoms with Crippen LogP contribution in [-0.2, 0) is 27.3 Å². The van der Waals surface area contributed by atoms with Crippen LogP contribution in [0.2, 0.25) is 0 Å². The molecule has 0 aliphatic carbocycles. The van der Waals surface area contributed by atoms with E-state index in [1.165, 1.54) is 4.90 Å². The molecule has 154 valence electrons. The van der Waals surface area contributed by atoms with Crippen LogP contribution in [0.25, 0.3) is 0 Å². The molecule has 1 saturated heterocycles. The summed E-state index contributed by atoms with van der Waals surface area (Å²) in [6, 6.07) is 19.4. The second kappa shape index (κ2) is 10.2. The van der Waals surface area contributed by atoms with Crippen LogP contribution in [-0.4, -0.2) is 61.7 Å². The molecule has 1 aliphatic heterocycles. The SMILES string of the molecule is CN(C)CC(COCc1ccccc1)C(=O)N1C(=O)OCC1Cc1ccccc1. The van der Waals surface area contributed by atoms with E-state index >= 15 is 0 Å². The van der Waals surface area contributed by atoms with Crippen LogP contribution in [0.5, 0.6) is 0 Å². The monoisotopic (exact) mass is 396 g/mol. The first kappa shape index (κ1) is 21.0. The maximum atomic E-state index is 13.3. The third kappa shape index (κ3) is 5.89. The fourth-order valence-corrected chi connectivity index (χ4v) is 3.50. The highest BCUT2D eigenvalue weighted by atomic mass is 16.6. The van der Waals surface area contributed by atoms with E-state index in [-0.39, 0.29) is 25.2 Å². The van der Waals surface area contributed by atoms with Crippen LogP contribution in [0.3, 0.4) is 0 Å². The maximum Gasteiger partial charge on any atom is 0.416 e. The van der Waals surface area contributed by atoms with Crippen molar-refractivity contribution in [3.05, 3.63) is 71.8 Å². The summed E-state index contributed by atoms with van der Waals surface area (Å²) in [6.45, 7) is 1.39. The zero-order chi connectivity index (χ0) is 20.6. The normalized spacial score (nSPS) is 17.4. The van der Waals surface area contributed by atoms with Crippen molar-refractivity contribution in [3.8, 4) is 0 Å². The number of hydrogen-bond acceptors (Lipinski definition) is 5. The Labute approximate surface area is 172 Å². The van der Waals surface area contributed by atoms with E-state index in [4.69, 9.17) is 9.47 Å². The van der Waals surface area contributed by atoms with Gasteiger partial charge < -0.3 is 14.4 Å². The Bertz CT molecular complexity index is 795. The molecular formula is C23H28N2O4. The largest absolute Gasteiger partial charge is 0.447 e. The molecule has 2 amide bonds. The molecule has 2 atom stereocenters. The number of nitrogens with zero attached hydrogens (tertiary/aromatic N) is 2. The molecule has 1 fully saturated rings. The summed E-state index contributed by atoms with van der Waals surface area (Å²) in [5.41, 5.74) is 2.11. The number of carbonyl (C=O) groups is 2. The third-order valence-corrected chi connectivity index (χ3v) is 4.88. The first-order chi connectivity index (χ1) is 14.0. The third-order valence-electron chi connectivity index (χ3n) is 4.88. The Morgan fingerprint density at radius 1 is 1.10 bits per heavy atom. The van der Waals surface area contributed by atoms with Gasteiger partial charge in [-0.05, 0) is 31.6 Å². The molecule has 2 aromatic rings. The van der Waals surface area contributed by atoms with E-state index in [1.54, 1.807) is 0 Å². The lowest BCUT2D eigenvalue weighted by atomic mass is 10.0. The van der Waals surface area contributed by atoms with Crippen molar-refractivity contribution in [2.24, 2.45) is 5.92 Å². The number of rotatable bonds is 9. The molecule has 2 unspecified atom stereocenters. The molecule has 0 bridgehead atoms. The standard InChI is InChI=1S/C23H28N2O4/c1-24(2)14-20(16-28-15-19-11-7-4-8-12-19)22(26)25-21(17-29-23(25)27)13-18-9-5-3-6-10-18/h3-12,20-21H,13-17H2,1-2H3. The minimum Gasteiger partial charge on any atom is -0.447 e. The molecule has 2 aromatic carbocycles. The summed E-state index contributed by atoms with van der Waals surface area (Å²) >= 11 is 0. The summed E-state index contributed by atoms with van der Waals surface area (Å²) in [5.74, 6) is -0.687. The quantitative estimate of drug-likeness (QED) is 0.652. The van der Waals surface area contributed by atoms with Gasteiger partial charge in [0.1, 0.15) is 6.61 Å². The second-order valence-electron chi connectivity index (χ2n) is 7.59. The molecule has 0 N–H and O–H groups in total. The van der Waals surface area contributed by atoms with E-state index in [9.17, 15) is 9.59 Å². The predicted molar refractivity (Wildman–Crippen MR) is 110 cm³/mol. The Balaban J connectivity index is 1.66. The van der Waals surface area contributed by atoms with Gasteiger partial charge in [0.2, 0.25) is 5.91 Å². The number of benzene rings is 2. The Hall–Kier alpha value is -2.70. The molecule has 0 saturated carbocycles. The van der Waals surface area contributed by atoms with Crippen molar-refractivity contribution in [2.45, 2.75) is 19.1 Å². The van der Waals surface area contributed by atoms with Crippen molar-refractivity contribution < 1.29 is 19.1 Å².